The molecule has 0 spiro atoms. The Kier molecular flexibility index (Phi) is 5.59. The Hall–Kier alpha value is -1.66. The summed E-state index contributed by atoms with van der Waals surface area (Å²) in [5.41, 5.74) is 1.60. The zero-order valence-corrected chi connectivity index (χ0v) is 14.9. The van der Waals surface area contributed by atoms with Crippen LogP contribution in [-0.2, 0) is 11.2 Å². The van der Waals surface area contributed by atoms with Crippen LogP contribution < -0.4 is 5.32 Å². The second-order valence-electron chi connectivity index (χ2n) is 6.92. The predicted octanol–water partition coefficient (Wildman–Crippen LogP) is 3.17. The zero-order chi connectivity index (χ0) is 17.0. The molecule has 2 rings (SSSR count). The summed E-state index contributed by atoms with van der Waals surface area (Å²) < 4.78 is 5.64. The maximum atomic E-state index is 12.2. The number of aliphatic hydroxyl groups is 1. The molecule has 23 heavy (non-hydrogen) atoms. The van der Waals surface area contributed by atoms with Crippen LogP contribution in [0.1, 0.15) is 38.6 Å². The molecule has 0 radical (unpaired) electrons. The van der Waals surface area contributed by atoms with Gasteiger partial charge in [-0.05, 0) is 30.2 Å². The summed E-state index contributed by atoms with van der Waals surface area (Å²) in [6, 6.07) is 1.69. The number of oxazole rings is 1. The van der Waals surface area contributed by atoms with Gasteiger partial charge in [-0.15, -0.1) is 0 Å². The number of carbonyl (C=O) groups excluding carboxylic acids is 1. The van der Waals surface area contributed by atoms with Crippen LogP contribution in [0.15, 0.2) is 21.2 Å². The van der Waals surface area contributed by atoms with E-state index in [0.717, 1.165) is 5.56 Å². The van der Waals surface area contributed by atoms with Crippen LogP contribution in [0.3, 0.4) is 0 Å². The molecular weight excluding hydrogens is 312 g/mol. The van der Waals surface area contributed by atoms with Crippen molar-refractivity contribution in [2.45, 2.75) is 46.6 Å². The van der Waals surface area contributed by atoms with E-state index in [0.29, 0.717) is 23.8 Å². The van der Waals surface area contributed by atoms with E-state index in [1.807, 2.05) is 23.8 Å². The number of nitrogens with zero attached hydrogens (tertiary/aromatic N) is 1. The third-order valence-electron chi connectivity index (χ3n) is 3.43. The Morgan fingerprint density at radius 1 is 1.48 bits per heavy atom. The van der Waals surface area contributed by atoms with E-state index in [2.05, 4.69) is 31.1 Å². The minimum atomic E-state index is -0.244. The lowest BCUT2D eigenvalue weighted by Crippen LogP contribution is -2.40. The zero-order valence-electron chi connectivity index (χ0n) is 14.0. The maximum absolute atomic E-state index is 12.2. The summed E-state index contributed by atoms with van der Waals surface area (Å²) in [6.45, 7) is 7.98. The summed E-state index contributed by atoms with van der Waals surface area (Å²) in [5.74, 6) is 1.04. The van der Waals surface area contributed by atoms with Gasteiger partial charge in [0.1, 0.15) is 5.76 Å². The Balaban J connectivity index is 2.00. The molecular formula is C17H24N2O3S. The van der Waals surface area contributed by atoms with E-state index in [1.165, 1.54) is 0 Å². The lowest BCUT2D eigenvalue weighted by molar-refractivity contribution is -0.121. The summed E-state index contributed by atoms with van der Waals surface area (Å²) in [4.78, 5) is 16.6. The van der Waals surface area contributed by atoms with Crippen LogP contribution in [0.2, 0.25) is 0 Å². The largest absolute Gasteiger partial charge is 0.441 e. The van der Waals surface area contributed by atoms with E-state index >= 15 is 0 Å². The molecule has 2 aromatic rings. The van der Waals surface area contributed by atoms with Crippen molar-refractivity contribution in [1.29, 1.82) is 0 Å². The molecule has 0 bridgehead atoms. The third-order valence-corrected chi connectivity index (χ3v) is 4.12. The summed E-state index contributed by atoms with van der Waals surface area (Å²) in [6.07, 6.45) is 0.868. The molecule has 1 amide bonds. The third kappa shape index (κ3) is 5.18. The number of hydrogen-bond donors (Lipinski definition) is 2. The smallest absolute Gasteiger partial charge is 0.227 e. The molecule has 0 aliphatic rings. The molecule has 0 aromatic carbocycles. The minimum absolute atomic E-state index is 0.0383. The highest BCUT2D eigenvalue weighted by molar-refractivity contribution is 7.08. The lowest BCUT2D eigenvalue weighted by atomic mass is 9.88. The van der Waals surface area contributed by atoms with Crippen LogP contribution in [0, 0.1) is 12.3 Å². The number of thiophene rings is 1. The summed E-state index contributed by atoms with van der Waals surface area (Å²) in [7, 11) is 0. The van der Waals surface area contributed by atoms with E-state index in [-0.39, 0.29) is 30.4 Å². The number of rotatable bonds is 6. The van der Waals surface area contributed by atoms with Crippen molar-refractivity contribution in [3.63, 3.8) is 0 Å². The van der Waals surface area contributed by atoms with Gasteiger partial charge < -0.3 is 14.8 Å². The first kappa shape index (κ1) is 17.7. The molecule has 2 aromatic heterocycles. The van der Waals surface area contributed by atoms with E-state index in [4.69, 9.17) is 4.42 Å². The number of aryl methyl sites for hydroxylation is 1. The molecule has 126 valence electrons. The van der Waals surface area contributed by atoms with E-state index in [9.17, 15) is 9.90 Å². The SMILES string of the molecule is Cc1oc(-c2ccsc2)nc1CC(=O)NC(CO)CC(C)(C)C. The average Bonchev–Trinajstić information content (AvgIpc) is 3.07. The van der Waals surface area contributed by atoms with Gasteiger partial charge in [-0.2, -0.15) is 11.3 Å². The molecule has 0 saturated heterocycles. The fourth-order valence-electron chi connectivity index (χ4n) is 2.43. The van der Waals surface area contributed by atoms with Gasteiger partial charge in [-0.1, -0.05) is 20.8 Å². The molecule has 0 fully saturated rings. The van der Waals surface area contributed by atoms with Crippen LogP contribution in [0.4, 0.5) is 0 Å². The van der Waals surface area contributed by atoms with Gasteiger partial charge in [0.05, 0.1) is 24.8 Å². The standard InChI is InChI=1S/C17H24N2O3S/c1-11-14(19-16(22-11)12-5-6-23-10-12)7-15(21)18-13(9-20)8-17(2,3)4/h5-6,10,13,20H,7-9H2,1-4H3,(H,18,21). The summed E-state index contributed by atoms with van der Waals surface area (Å²) in [5, 5.41) is 16.2. The Morgan fingerprint density at radius 2 is 2.22 bits per heavy atom. The molecule has 2 N–H and O–H groups in total. The molecule has 6 heteroatoms. The van der Waals surface area contributed by atoms with Gasteiger partial charge in [0, 0.05) is 10.9 Å². The number of aliphatic hydroxyl groups excluding tert-OH is 1. The topological polar surface area (TPSA) is 75.4 Å². The number of hydrogen-bond acceptors (Lipinski definition) is 5. The highest BCUT2D eigenvalue weighted by Crippen LogP contribution is 2.24. The first-order valence-corrected chi connectivity index (χ1v) is 8.62. The van der Waals surface area contributed by atoms with Crippen molar-refractivity contribution in [2.24, 2.45) is 5.41 Å². The van der Waals surface area contributed by atoms with Crippen molar-refractivity contribution >= 4 is 17.2 Å². The van der Waals surface area contributed by atoms with Crippen LogP contribution in [0.5, 0.6) is 0 Å². The van der Waals surface area contributed by atoms with Gasteiger partial charge in [-0.25, -0.2) is 4.98 Å². The fourth-order valence-corrected chi connectivity index (χ4v) is 3.06. The van der Waals surface area contributed by atoms with Crippen LogP contribution >= 0.6 is 11.3 Å². The van der Waals surface area contributed by atoms with Crippen molar-refractivity contribution in [3.05, 3.63) is 28.3 Å². The lowest BCUT2D eigenvalue weighted by Gasteiger charge is -2.25. The highest BCUT2D eigenvalue weighted by atomic mass is 32.1. The monoisotopic (exact) mass is 336 g/mol. The highest BCUT2D eigenvalue weighted by Gasteiger charge is 2.21. The quantitative estimate of drug-likeness (QED) is 0.849. The Morgan fingerprint density at radius 3 is 2.78 bits per heavy atom. The second kappa shape index (κ2) is 7.27. The van der Waals surface area contributed by atoms with Crippen molar-refractivity contribution in [2.75, 3.05) is 6.61 Å². The van der Waals surface area contributed by atoms with Gasteiger partial charge >= 0.3 is 0 Å². The van der Waals surface area contributed by atoms with Crippen molar-refractivity contribution in [3.8, 4) is 11.5 Å². The average molecular weight is 336 g/mol. The summed E-state index contributed by atoms with van der Waals surface area (Å²) >= 11 is 1.57. The van der Waals surface area contributed by atoms with Gasteiger partial charge in [0.2, 0.25) is 11.8 Å². The molecule has 0 saturated carbocycles. The van der Waals surface area contributed by atoms with Gasteiger partial charge in [-0.3, -0.25) is 4.79 Å². The van der Waals surface area contributed by atoms with E-state index < -0.39 is 0 Å². The molecule has 2 heterocycles. The normalized spacial score (nSPS) is 13.1. The minimum Gasteiger partial charge on any atom is -0.441 e. The Bertz CT molecular complexity index is 641. The number of aromatic nitrogens is 1. The van der Waals surface area contributed by atoms with Gasteiger partial charge in [0.25, 0.3) is 0 Å². The fraction of sp³-hybridized carbons (Fsp3) is 0.529. The molecule has 1 atom stereocenters. The first-order valence-electron chi connectivity index (χ1n) is 7.67. The van der Waals surface area contributed by atoms with E-state index in [1.54, 1.807) is 11.3 Å². The first-order chi connectivity index (χ1) is 10.8. The molecule has 0 aliphatic heterocycles. The Labute approximate surface area is 140 Å². The number of carbonyl (C=O) groups is 1. The second-order valence-corrected chi connectivity index (χ2v) is 7.70. The number of nitrogens with one attached hydrogen (secondary N) is 1. The van der Waals surface area contributed by atoms with Crippen LogP contribution in [-0.4, -0.2) is 28.6 Å². The molecule has 1 unspecified atom stereocenters. The number of amides is 1. The van der Waals surface area contributed by atoms with Crippen LogP contribution in [0.25, 0.3) is 11.5 Å². The predicted molar refractivity (Wildman–Crippen MR) is 91.3 cm³/mol. The molecule has 0 aliphatic carbocycles. The van der Waals surface area contributed by atoms with Gasteiger partial charge in [0.15, 0.2) is 0 Å². The molecule has 5 nitrogen and oxygen atoms in total. The van der Waals surface area contributed by atoms with Crippen molar-refractivity contribution < 1.29 is 14.3 Å². The van der Waals surface area contributed by atoms with Crippen molar-refractivity contribution in [1.82, 2.24) is 10.3 Å². The maximum Gasteiger partial charge on any atom is 0.227 e.